The zero-order valence-electron chi connectivity index (χ0n) is 19.9. The number of anilines is 1. The lowest BCUT2D eigenvalue weighted by Gasteiger charge is -2.32. The quantitative estimate of drug-likeness (QED) is 0.402. The molecule has 34 heavy (non-hydrogen) atoms. The maximum Gasteiger partial charge on any atom is 0.271 e. The maximum atomic E-state index is 13.5. The molecule has 0 fully saturated rings. The second kappa shape index (κ2) is 11.1. The SMILES string of the molecule is CCC(C(=O)NC)N(Cc1ccc(C)cc1)C(=O)CN(c1cc([N+](=O)[O-])ccc1C)S(C)(=O)=O. The van der Waals surface area contributed by atoms with Gasteiger partial charge in [-0.1, -0.05) is 42.8 Å². The van der Waals surface area contributed by atoms with Gasteiger partial charge in [-0.3, -0.25) is 24.0 Å². The van der Waals surface area contributed by atoms with E-state index >= 15 is 0 Å². The number of benzene rings is 2. The Hall–Kier alpha value is -3.47. The smallest absolute Gasteiger partial charge is 0.271 e. The normalized spacial score (nSPS) is 12.0. The van der Waals surface area contributed by atoms with Crippen LogP contribution in [-0.4, -0.2) is 55.9 Å². The van der Waals surface area contributed by atoms with E-state index < -0.39 is 33.4 Å². The molecule has 0 saturated carbocycles. The number of non-ortho nitro benzene ring substituents is 1. The highest BCUT2D eigenvalue weighted by Crippen LogP contribution is 2.28. The first-order chi connectivity index (χ1) is 15.9. The van der Waals surface area contributed by atoms with Crippen molar-refractivity contribution < 1.29 is 22.9 Å². The molecule has 0 aliphatic rings. The summed E-state index contributed by atoms with van der Waals surface area (Å²) in [6.45, 7) is 4.77. The topological polar surface area (TPSA) is 130 Å². The highest BCUT2D eigenvalue weighted by molar-refractivity contribution is 7.92. The molecule has 0 saturated heterocycles. The van der Waals surface area contributed by atoms with Crippen molar-refractivity contribution in [3.63, 3.8) is 0 Å². The summed E-state index contributed by atoms with van der Waals surface area (Å²) in [6, 6.07) is 10.4. The fourth-order valence-electron chi connectivity index (χ4n) is 3.55. The van der Waals surface area contributed by atoms with Crippen molar-refractivity contribution in [2.24, 2.45) is 0 Å². The number of hydrogen-bond acceptors (Lipinski definition) is 6. The minimum absolute atomic E-state index is 0.0355. The second-order valence-electron chi connectivity index (χ2n) is 8.04. The summed E-state index contributed by atoms with van der Waals surface area (Å²) >= 11 is 0. The molecule has 2 amide bonds. The van der Waals surface area contributed by atoms with Crippen LogP contribution in [0.1, 0.15) is 30.0 Å². The standard InChI is InChI=1S/C23H30N4O6S/c1-6-20(23(29)24-4)25(14-18-10-7-16(2)8-11-18)22(28)15-26(34(5,32)33)21-13-19(27(30)31)12-9-17(21)3/h7-13,20H,6,14-15H2,1-5H3,(H,24,29). The predicted octanol–water partition coefficient (Wildman–Crippen LogP) is 2.53. The van der Waals surface area contributed by atoms with Crippen LogP contribution in [0.2, 0.25) is 0 Å². The molecule has 2 aromatic rings. The van der Waals surface area contributed by atoms with Crippen molar-refractivity contribution in [1.29, 1.82) is 0 Å². The molecule has 1 N–H and O–H groups in total. The minimum atomic E-state index is -3.99. The summed E-state index contributed by atoms with van der Waals surface area (Å²) in [5, 5.41) is 13.8. The third kappa shape index (κ3) is 6.53. The molecule has 0 aliphatic carbocycles. The maximum absolute atomic E-state index is 13.5. The Morgan fingerprint density at radius 2 is 1.74 bits per heavy atom. The van der Waals surface area contributed by atoms with Crippen molar-refractivity contribution in [3.05, 3.63) is 69.3 Å². The average Bonchev–Trinajstić information content (AvgIpc) is 2.77. The Labute approximate surface area is 199 Å². The first kappa shape index (κ1) is 26.8. The van der Waals surface area contributed by atoms with Crippen molar-refractivity contribution in [1.82, 2.24) is 10.2 Å². The van der Waals surface area contributed by atoms with Gasteiger partial charge in [-0.25, -0.2) is 8.42 Å². The number of carbonyl (C=O) groups excluding carboxylic acids is 2. The van der Waals surface area contributed by atoms with Crippen LogP contribution in [0, 0.1) is 24.0 Å². The van der Waals surface area contributed by atoms with Crippen LogP contribution >= 0.6 is 0 Å². The van der Waals surface area contributed by atoms with Gasteiger partial charge in [0.05, 0.1) is 16.9 Å². The lowest BCUT2D eigenvalue weighted by Crippen LogP contribution is -2.51. The average molecular weight is 491 g/mol. The number of sulfonamides is 1. The largest absolute Gasteiger partial charge is 0.357 e. The Morgan fingerprint density at radius 3 is 2.24 bits per heavy atom. The molecular weight excluding hydrogens is 460 g/mol. The van der Waals surface area contributed by atoms with Gasteiger partial charge in [0, 0.05) is 25.7 Å². The summed E-state index contributed by atoms with van der Waals surface area (Å²) in [5.41, 5.74) is 2.00. The first-order valence-electron chi connectivity index (χ1n) is 10.7. The van der Waals surface area contributed by atoms with Crippen molar-refractivity contribution in [3.8, 4) is 0 Å². The van der Waals surface area contributed by atoms with E-state index in [-0.39, 0.29) is 23.8 Å². The molecule has 0 aromatic heterocycles. The van der Waals surface area contributed by atoms with Crippen LogP contribution in [0.4, 0.5) is 11.4 Å². The number of amides is 2. The number of nitro benzene ring substituents is 1. The summed E-state index contributed by atoms with van der Waals surface area (Å²) in [5.74, 6) is -0.979. The number of aryl methyl sites for hydroxylation is 2. The van der Waals surface area contributed by atoms with Gasteiger partial charge in [0.1, 0.15) is 12.6 Å². The van der Waals surface area contributed by atoms with E-state index in [4.69, 9.17) is 0 Å². The number of rotatable bonds is 10. The molecule has 10 nitrogen and oxygen atoms in total. The molecule has 1 atom stereocenters. The van der Waals surface area contributed by atoms with Gasteiger partial charge in [-0.15, -0.1) is 0 Å². The molecule has 2 rings (SSSR count). The highest BCUT2D eigenvalue weighted by atomic mass is 32.2. The Balaban J connectivity index is 2.51. The fourth-order valence-corrected chi connectivity index (χ4v) is 4.45. The molecule has 0 aliphatic heterocycles. The lowest BCUT2D eigenvalue weighted by atomic mass is 10.1. The van der Waals surface area contributed by atoms with Crippen LogP contribution < -0.4 is 9.62 Å². The third-order valence-electron chi connectivity index (χ3n) is 5.46. The van der Waals surface area contributed by atoms with Crippen molar-refractivity contribution in [2.75, 3.05) is 24.2 Å². The van der Waals surface area contributed by atoms with Crippen LogP contribution in [0.25, 0.3) is 0 Å². The summed E-state index contributed by atoms with van der Waals surface area (Å²) in [7, 11) is -2.52. The lowest BCUT2D eigenvalue weighted by molar-refractivity contribution is -0.384. The molecule has 2 aromatic carbocycles. The monoisotopic (exact) mass is 490 g/mol. The number of nitrogens with zero attached hydrogens (tertiary/aromatic N) is 3. The second-order valence-corrected chi connectivity index (χ2v) is 9.95. The van der Waals surface area contributed by atoms with Gasteiger partial charge in [0.2, 0.25) is 21.8 Å². The molecule has 0 bridgehead atoms. The van der Waals surface area contributed by atoms with Gasteiger partial charge in [-0.05, 0) is 31.4 Å². The van der Waals surface area contributed by atoms with Gasteiger partial charge in [0.15, 0.2) is 0 Å². The number of hydrogen-bond donors (Lipinski definition) is 1. The van der Waals surface area contributed by atoms with Crippen LogP contribution in [0.15, 0.2) is 42.5 Å². The predicted molar refractivity (Wildman–Crippen MR) is 130 cm³/mol. The number of nitrogens with one attached hydrogen (secondary N) is 1. The number of carbonyl (C=O) groups is 2. The third-order valence-corrected chi connectivity index (χ3v) is 6.58. The van der Waals surface area contributed by atoms with E-state index in [1.54, 1.807) is 13.8 Å². The van der Waals surface area contributed by atoms with Crippen LogP contribution in [0.3, 0.4) is 0 Å². The van der Waals surface area contributed by atoms with Gasteiger partial charge >= 0.3 is 0 Å². The van der Waals surface area contributed by atoms with E-state index in [0.29, 0.717) is 12.0 Å². The summed E-state index contributed by atoms with van der Waals surface area (Å²) < 4.78 is 26.2. The molecule has 1 unspecified atom stereocenters. The van der Waals surface area contributed by atoms with E-state index in [1.165, 1.54) is 24.1 Å². The summed E-state index contributed by atoms with van der Waals surface area (Å²) in [6.07, 6.45) is 1.24. The molecule has 11 heteroatoms. The zero-order valence-corrected chi connectivity index (χ0v) is 20.8. The van der Waals surface area contributed by atoms with Crippen molar-refractivity contribution in [2.45, 2.75) is 39.8 Å². The van der Waals surface area contributed by atoms with Gasteiger partial charge in [-0.2, -0.15) is 0 Å². The minimum Gasteiger partial charge on any atom is -0.357 e. The summed E-state index contributed by atoms with van der Waals surface area (Å²) in [4.78, 5) is 38.0. The van der Waals surface area contributed by atoms with E-state index in [1.807, 2.05) is 31.2 Å². The Kier molecular flexibility index (Phi) is 8.74. The molecule has 0 spiro atoms. The van der Waals surface area contributed by atoms with E-state index in [0.717, 1.165) is 27.8 Å². The van der Waals surface area contributed by atoms with Gasteiger partial charge < -0.3 is 10.2 Å². The number of nitro groups is 1. The molecule has 0 heterocycles. The van der Waals surface area contributed by atoms with Crippen LogP contribution in [0.5, 0.6) is 0 Å². The zero-order chi connectivity index (χ0) is 25.6. The first-order valence-corrected chi connectivity index (χ1v) is 12.5. The molecule has 184 valence electrons. The van der Waals surface area contributed by atoms with E-state index in [2.05, 4.69) is 5.32 Å². The van der Waals surface area contributed by atoms with Crippen molar-refractivity contribution >= 4 is 33.2 Å². The van der Waals surface area contributed by atoms with Crippen LogP contribution in [-0.2, 0) is 26.2 Å². The Bertz CT molecular complexity index is 1160. The Morgan fingerprint density at radius 1 is 1.12 bits per heavy atom. The van der Waals surface area contributed by atoms with Gasteiger partial charge in [0.25, 0.3) is 5.69 Å². The fraction of sp³-hybridized carbons (Fsp3) is 0.391. The highest BCUT2D eigenvalue weighted by Gasteiger charge is 2.32. The molecular formula is C23H30N4O6S. The number of likely N-dealkylation sites (N-methyl/N-ethyl adjacent to an activating group) is 1. The van der Waals surface area contributed by atoms with E-state index in [9.17, 15) is 28.1 Å². The molecule has 0 radical (unpaired) electrons.